The van der Waals surface area contributed by atoms with E-state index in [0.717, 1.165) is 18.2 Å². The number of rotatable bonds is 4. The van der Waals surface area contributed by atoms with Gasteiger partial charge in [0.2, 0.25) is 5.71 Å². The molecule has 0 unspecified atom stereocenters. The molecular weight excluding hydrogens is 228 g/mol. The summed E-state index contributed by atoms with van der Waals surface area (Å²) < 4.78 is 6.91. The monoisotopic (exact) mass is 240 g/mol. The third kappa shape index (κ3) is 2.11. The molecule has 2 aromatic heterocycles. The van der Waals surface area contributed by atoms with E-state index in [2.05, 4.69) is 11.9 Å². The number of aromatic nitrogens is 2. The van der Waals surface area contributed by atoms with Crippen molar-refractivity contribution in [2.75, 3.05) is 0 Å². The summed E-state index contributed by atoms with van der Waals surface area (Å²) in [7, 11) is 0. The second-order valence-electron chi connectivity index (χ2n) is 3.68. The minimum atomic E-state index is -0.267. The van der Waals surface area contributed by atoms with Crippen LogP contribution < -0.4 is 5.69 Å². The highest BCUT2D eigenvalue weighted by molar-refractivity contribution is 6.16. The highest BCUT2D eigenvalue weighted by atomic mass is 35.5. The molecule has 4 nitrogen and oxygen atoms in total. The van der Waals surface area contributed by atoms with Gasteiger partial charge in [0.25, 0.3) is 0 Å². The van der Waals surface area contributed by atoms with E-state index in [-0.39, 0.29) is 5.69 Å². The standard InChI is InChI=1S/C11H13ClN2O2/c1-2-3-4-14-7-8-5-9(6-12)16-10(8)13-11(14)15/h5,7H,2-4,6H2,1H3. The summed E-state index contributed by atoms with van der Waals surface area (Å²) in [5.74, 6) is 0.927. The third-order valence-corrected chi connectivity index (χ3v) is 2.68. The largest absolute Gasteiger partial charge is 0.441 e. The molecule has 86 valence electrons. The molecule has 5 heteroatoms. The number of fused-ring (bicyclic) bond motifs is 1. The van der Waals surface area contributed by atoms with Crippen molar-refractivity contribution in [2.24, 2.45) is 0 Å². The van der Waals surface area contributed by atoms with Crippen molar-refractivity contribution >= 4 is 22.7 Å². The van der Waals surface area contributed by atoms with Gasteiger partial charge in [0, 0.05) is 12.7 Å². The third-order valence-electron chi connectivity index (χ3n) is 2.41. The first-order valence-electron chi connectivity index (χ1n) is 5.30. The number of hydrogen-bond donors (Lipinski definition) is 0. The second-order valence-corrected chi connectivity index (χ2v) is 3.94. The summed E-state index contributed by atoms with van der Waals surface area (Å²) in [6.45, 7) is 2.78. The number of hydrogen-bond acceptors (Lipinski definition) is 3. The summed E-state index contributed by atoms with van der Waals surface area (Å²) in [6, 6.07) is 1.82. The van der Waals surface area contributed by atoms with Crippen molar-refractivity contribution in [2.45, 2.75) is 32.2 Å². The summed E-state index contributed by atoms with van der Waals surface area (Å²) >= 11 is 5.66. The molecule has 0 atom stereocenters. The van der Waals surface area contributed by atoms with Gasteiger partial charge >= 0.3 is 5.69 Å². The molecule has 0 saturated carbocycles. The summed E-state index contributed by atoms with van der Waals surface area (Å²) in [5.41, 5.74) is 0.102. The van der Waals surface area contributed by atoms with Crippen molar-refractivity contribution < 1.29 is 4.42 Å². The zero-order valence-electron chi connectivity index (χ0n) is 9.07. The Labute approximate surface area is 97.8 Å². The van der Waals surface area contributed by atoms with Gasteiger partial charge in [-0.05, 0) is 12.5 Å². The van der Waals surface area contributed by atoms with Gasteiger partial charge in [0.05, 0.1) is 11.3 Å². The van der Waals surface area contributed by atoms with Crippen LogP contribution in [0.2, 0.25) is 0 Å². The minimum Gasteiger partial charge on any atom is -0.441 e. The Morgan fingerprint density at radius 1 is 1.56 bits per heavy atom. The first kappa shape index (κ1) is 11.2. The average molecular weight is 241 g/mol. The van der Waals surface area contributed by atoms with Crippen LogP contribution in [0.3, 0.4) is 0 Å². The SMILES string of the molecule is CCCCn1cc2cc(CCl)oc2nc1=O. The maximum absolute atomic E-state index is 11.6. The maximum atomic E-state index is 11.6. The zero-order chi connectivity index (χ0) is 11.5. The van der Waals surface area contributed by atoms with Gasteiger partial charge in [-0.3, -0.25) is 4.57 Å². The zero-order valence-corrected chi connectivity index (χ0v) is 9.83. The summed E-state index contributed by atoms with van der Waals surface area (Å²) in [6.07, 6.45) is 3.79. The average Bonchev–Trinajstić information content (AvgIpc) is 2.67. The molecule has 2 heterocycles. The maximum Gasteiger partial charge on any atom is 0.350 e. The van der Waals surface area contributed by atoms with Crippen molar-refractivity contribution in [3.8, 4) is 0 Å². The van der Waals surface area contributed by atoms with E-state index in [0.29, 0.717) is 23.9 Å². The van der Waals surface area contributed by atoms with Gasteiger partial charge < -0.3 is 4.42 Å². The lowest BCUT2D eigenvalue weighted by Gasteiger charge is -2.01. The predicted octanol–water partition coefficient (Wildman–Crippen LogP) is 2.53. The Morgan fingerprint density at radius 3 is 3.06 bits per heavy atom. The van der Waals surface area contributed by atoms with E-state index in [1.54, 1.807) is 10.8 Å². The van der Waals surface area contributed by atoms with Gasteiger partial charge in [0.1, 0.15) is 5.76 Å². The van der Waals surface area contributed by atoms with E-state index in [4.69, 9.17) is 16.0 Å². The molecular formula is C11H13ClN2O2. The number of aryl methyl sites for hydroxylation is 1. The number of furan rings is 1. The van der Waals surface area contributed by atoms with Crippen LogP contribution in [-0.2, 0) is 12.4 Å². The Bertz CT molecular complexity index is 544. The topological polar surface area (TPSA) is 48.0 Å². The molecule has 0 aromatic carbocycles. The second kappa shape index (κ2) is 4.70. The van der Waals surface area contributed by atoms with Gasteiger partial charge in [-0.1, -0.05) is 13.3 Å². The normalized spacial score (nSPS) is 11.1. The number of halogens is 1. The molecule has 2 rings (SSSR count). The molecule has 16 heavy (non-hydrogen) atoms. The molecule has 0 aliphatic rings. The van der Waals surface area contributed by atoms with Crippen molar-refractivity contribution in [3.63, 3.8) is 0 Å². The minimum absolute atomic E-state index is 0.267. The Hall–Kier alpha value is -1.29. The molecule has 0 saturated heterocycles. The highest BCUT2D eigenvalue weighted by Crippen LogP contribution is 2.16. The van der Waals surface area contributed by atoms with Crippen LogP contribution in [0.1, 0.15) is 25.5 Å². The van der Waals surface area contributed by atoms with Crippen molar-refractivity contribution in [3.05, 3.63) is 28.5 Å². The van der Waals surface area contributed by atoms with E-state index in [1.165, 1.54) is 0 Å². The highest BCUT2D eigenvalue weighted by Gasteiger charge is 2.07. The molecule has 2 aromatic rings. The fourth-order valence-electron chi connectivity index (χ4n) is 1.56. The van der Waals surface area contributed by atoms with Crippen LogP contribution in [0.25, 0.3) is 11.1 Å². The molecule has 0 amide bonds. The fraction of sp³-hybridized carbons (Fsp3) is 0.455. The molecule has 0 radical (unpaired) electrons. The molecule has 0 fully saturated rings. The lowest BCUT2D eigenvalue weighted by Crippen LogP contribution is -2.21. The van der Waals surface area contributed by atoms with Crippen LogP contribution in [0, 0.1) is 0 Å². The lowest BCUT2D eigenvalue weighted by molar-refractivity contribution is 0.550. The van der Waals surface area contributed by atoms with Gasteiger partial charge in [0.15, 0.2) is 0 Å². The smallest absolute Gasteiger partial charge is 0.350 e. The molecule has 0 spiro atoms. The van der Waals surface area contributed by atoms with Gasteiger partial charge in [-0.15, -0.1) is 11.6 Å². The van der Waals surface area contributed by atoms with Gasteiger partial charge in [-0.25, -0.2) is 4.79 Å². The molecule has 0 N–H and O–H groups in total. The van der Waals surface area contributed by atoms with Crippen molar-refractivity contribution in [1.29, 1.82) is 0 Å². The molecule has 0 aliphatic carbocycles. The predicted molar refractivity (Wildman–Crippen MR) is 62.7 cm³/mol. The van der Waals surface area contributed by atoms with Crippen LogP contribution >= 0.6 is 11.6 Å². The number of alkyl halides is 1. The van der Waals surface area contributed by atoms with Crippen molar-refractivity contribution in [1.82, 2.24) is 9.55 Å². The lowest BCUT2D eigenvalue weighted by atomic mass is 10.3. The van der Waals surface area contributed by atoms with E-state index >= 15 is 0 Å². The van der Waals surface area contributed by atoms with Crippen LogP contribution in [0.4, 0.5) is 0 Å². The van der Waals surface area contributed by atoms with E-state index in [1.807, 2.05) is 6.07 Å². The Kier molecular flexibility index (Phi) is 3.29. The Balaban J connectivity index is 2.44. The van der Waals surface area contributed by atoms with E-state index in [9.17, 15) is 4.79 Å². The Morgan fingerprint density at radius 2 is 2.38 bits per heavy atom. The van der Waals surface area contributed by atoms with Crippen LogP contribution in [0.5, 0.6) is 0 Å². The fourth-order valence-corrected chi connectivity index (χ4v) is 1.69. The first-order chi connectivity index (χ1) is 7.74. The molecule has 0 bridgehead atoms. The van der Waals surface area contributed by atoms with E-state index < -0.39 is 0 Å². The first-order valence-corrected chi connectivity index (χ1v) is 5.84. The summed E-state index contributed by atoms with van der Waals surface area (Å²) in [5, 5.41) is 0.825. The van der Waals surface area contributed by atoms with Crippen LogP contribution in [-0.4, -0.2) is 9.55 Å². The number of nitrogens with zero attached hydrogens (tertiary/aromatic N) is 2. The summed E-state index contributed by atoms with van der Waals surface area (Å²) in [4.78, 5) is 15.5. The van der Waals surface area contributed by atoms with Gasteiger partial charge in [-0.2, -0.15) is 4.98 Å². The number of unbranched alkanes of at least 4 members (excludes halogenated alkanes) is 1. The van der Waals surface area contributed by atoms with Crippen LogP contribution in [0.15, 0.2) is 21.5 Å². The molecule has 0 aliphatic heterocycles. The quantitative estimate of drug-likeness (QED) is 0.772.